The van der Waals surface area contributed by atoms with Gasteiger partial charge in [-0.05, 0) is 58.5 Å². The first-order valence-electron chi connectivity index (χ1n) is 7.29. The maximum absolute atomic E-state index is 6.12. The summed E-state index contributed by atoms with van der Waals surface area (Å²) in [5, 5.41) is 3.53. The van der Waals surface area contributed by atoms with Crippen molar-refractivity contribution >= 4 is 22.9 Å². The maximum Gasteiger partial charge on any atom is 0.0931 e. The van der Waals surface area contributed by atoms with Crippen LogP contribution in [0, 0.1) is 0 Å². The van der Waals surface area contributed by atoms with Crippen LogP contribution < -0.4 is 5.32 Å². The van der Waals surface area contributed by atoms with E-state index in [1.165, 1.54) is 37.2 Å². The molecule has 4 heteroatoms. The van der Waals surface area contributed by atoms with E-state index in [1.807, 2.05) is 6.07 Å². The second kappa shape index (κ2) is 6.57. The van der Waals surface area contributed by atoms with Crippen LogP contribution in [0.5, 0.6) is 0 Å². The van der Waals surface area contributed by atoms with Gasteiger partial charge in [-0.25, -0.2) is 0 Å². The Morgan fingerprint density at radius 2 is 2.05 bits per heavy atom. The van der Waals surface area contributed by atoms with E-state index in [9.17, 15) is 0 Å². The topological polar surface area (TPSA) is 15.3 Å². The number of likely N-dealkylation sites (tertiary alicyclic amines) is 1. The van der Waals surface area contributed by atoms with E-state index in [-0.39, 0.29) is 5.54 Å². The first kappa shape index (κ1) is 15.3. The molecule has 0 saturated carbocycles. The van der Waals surface area contributed by atoms with Gasteiger partial charge in [-0.15, -0.1) is 11.3 Å². The van der Waals surface area contributed by atoms with Crippen molar-refractivity contribution in [2.75, 3.05) is 20.1 Å². The molecule has 2 rings (SSSR count). The van der Waals surface area contributed by atoms with Gasteiger partial charge in [-0.3, -0.25) is 4.90 Å². The highest BCUT2D eigenvalue weighted by Gasteiger charge is 2.39. The Morgan fingerprint density at radius 1 is 1.37 bits per heavy atom. The van der Waals surface area contributed by atoms with Crippen LogP contribution in [0.1, 0.15) is 50.4 Å². The number of nitrogens with one attached hydrogen (secondary N) is 1. The summed E-state index contributed by atoms with van der Waals surface area (Å²) in [7, 11) is 2.07. The third-order valence-corrected chi connectivity index (χ3v) is 5.88. The molecule has 0 aromatic carbocycles. The van der Waals surface area contributed by atoms with Gasteiger partial charge in [0.25, 0.3) is 0 Å². The van der Waals surface area contributed by atoms with Crippen molar-refractivity contribution in [1.29, 1.82) is 0 Å². The van der Waals surface area contributed by atoms with Gasteiger partial charge in [0.05, 0.1) is 10.4 Å². The minimum atomic E-state index is 0.170. The molecule has 19 heavy (non-hydrogen) atoms. The number of piperidine rings is 1. The fourth-order valence-electron chi connectivity index (χ4n) is 3.26. The Balaban J connectivity index is 2.25. The standard InChI is InChI=1S/C15H25ClN2S/c1-4-15(2,18-10-6-5-7-11-18)14(17-3)12-8-9-13(16)19-12/h8-9,14,17H,4-7,10-11H2,1-3H3. The average molecular weight is 301 g/mol. The minimum absolute atomic E-state index is 0.170. The lowest BCUT2D eigenvalue weighted by Gasteiger charge is -2.47. The van der Waals surface area contributed by atoms with Crippen LogP contribution >= 0.6 is 22.9 Å². The predicted octanol–water partition coefficient (Wildman–Crippen LogP) is 4.32. The number of hydrogen-bond donors (Lipinski definition) is 1. The van der Waals surface area contributed by atoms with Crippen LogP contribution in [0.15, 0.2) is 12.1 Å². The summed E-state index contributed by atoms with van der Waals surface area (Å²) in [6, 6.07) is 4.54. The minimum Gasteiger partial charge on any atom is -0.311 e. The summed E-state index contributed by atoms with van der Waals surface area (Å²) in [6.07, 6.45) is 5.19. The van der Waals surface area contributed by atoms with Gasteiger partial charge in [-0.2, -0.15) is 0 Å². The second-order valence-corrected chi connectivity index (χ2v) is 7.37. The SMILES string of the molecule is CCC(C)(C(NC)c1ccc(Cl)s1)N1CCCCC1. The first-order valence-corrected chi connectivity index (χ1v) is 8.49. The maximum atomic E-state index is 6.12. The normalized spacial score (nSPS) is 22.1. The molecule has 1 aromatic rings. The lowest BCUT2D eigenvalue weighted by Crippen LogP contribution is -2.55. The van der Waals surface area contributed by atoms with E-state index in [0.717, 1.165) is 10.8 Å². The van der Waals surface area contributed by atoms with Gasteiger partial charge in [0, 0.05) is 10.4 Å². The van der Waals surface area contributed by atoms with E-state index in [4.69, 9.17) is 11.6 Å². The zero-order valence-corrected chi connectivity index (χ0v) is 13.8. The first-order chi connectivity index (χ1) is 9.11. The van der Waals surface area contributed by atoms with Crippen LogP contribution in [-0.2, 0) is 0 Å². The molecule has 1 aromatic heterocycles. The van der Waals surface area contributed by atoms with E-state index in [0.29, 0.717) is 6.04 Å². The van der Waals surface area contributed by atoms with Gasteiger partial charge in [0.15, 0.2) is 0 Å². The highest BCUT2D eigenvalue weighted by molar-refractivity contribution is 7.16. The Labute approximate surface area is 126 Å². The summed E-state index contributed by atoms with van der Waals surface area (Å²) in [5.74, 6) is 0. The molecule has 108 valence electrons. The number of rotatable bonds is 5. The molecule has 1 aliphatic heterocycles. The number of hydrogen-bond acceptors (Lipinski definition) is 3. The zero-order chi connectivity index (χ0) is 13.9. The van der Waals surface area contributed by atoms with Crippen molar-refractivity contribution in [3.05, 3.63) is 21.3 Å². The Morgan fingerprint density at radius 3 is 2.53 bits per heavy atom. The summed E-state index contributed by atoms with van der Waals surface area (Å²) in [6.45, 7) is 7.14. The van der Waals surface area contributed by atoms with Crippen LogP contribution in [0.2, 0.25) is 4.34 Å². The molecule has 0 spiro atoms. The Bertz CT molecular complexity index is 401. The number of likely N-dealkylation sites (N-methyl/N-ethyl adjacent to an activating group) is 1. The molecule has 0 aliphatic carbocycles. The smallest absolute Gasteiger partial charge is 0.0931 e. The van der Waals surface area contributed by atoms with Crippen LogP contribution in [0.3, 0.4) is 0 Å². The molecule has 1 aliphatic rings. The van der Waals surface area contributed by atoms with Crippen molar-refractivity contribution < 1.29 is 0 Å². The van der Waals surface area contributed by atoms with Gasteiger partial charge < -0.3 is 5.32 Å². The molecule has 2 atom stereocenters. The van der Waals surface area contributed by atoms with Gasteiger partial charge >= 0.3 is 0 Å². The van der Waals surface area contributed by atoms with E-state index < -0.39 is 0 Å². The number of halogens is 1. The van der Waals surface area contributed by atoms with Gasteiger partial charge in [0.1, 0.15) is 0 Å². The van der Waals surface area contributed by atoms with Gasteiger partial charge in [0.2, 0.25) is 0 Å². The third kappa shape index (κ3) is 3.15. The fraction of sp³-hybridized carbons (Fsp3) is 0.733. The van der Waals surface area contributed by atoms with Crippen LogP contribution in [-0.4, -0.2) is 30.6 Å². The van der Waals surface area contributed by atoms with Crippen molar-refractivity contribution in [2.45, 2.75) is 51.1 Å². The van der Waals surface area contributed by atoms with Crippen LogP contribution in [0.4, 0.5) is 0 Å². The molecule has 1 N–H and O–H groups in total. The highest BCUT2D eigenvalue weighted by Crippen LogP contribution is 2.39. The molecule has 1 fully saturated rings. The van der Waals surface area contributed by atoms with E-state index in [1.54, 1.807) is 11.3 Å². The summed E-state index contributed by atoms with van der Waals surface area (Å²) in [5.41, 5.74) is 0.170. The molecule has 2 nitrogen and oxygen atoms in total. The summed E-state index contributed by atoms with van der Waals surface area (Å²) >= 11 is 7.82. The lowest BCUT2D eigenvalue weighted by molar-refractivity contribution is 0.0458. The van der Waals surface area contributed by atoms with E-state index >= 15 is 0 Å². The molecule has 0 bridgehead atoms. The third-order valence-electron chi connectivity index (χ3n) is 4.58. The largest absolute Gasteiger partial charge is 0.311 e. The molecule has 2 unspecified atom stereocenters. The van der Waals surface area contributed by atoms with Crippen LogP contribution in [0.25, 0.3) is 0 Å². The Hall–Kier alpha value is -0.0900. The lowest BCUT2D eigenvalue weighted by atomic mass is 9.84. The summed E-state index contributed by atoms with van der Waals surface area (Å²) in [4.78, 5) is 4.02. The van der Waals surface area contributed by atoms with Crippen molar-refractivity contribution in [2.24, 2.45) is 0 Å². The van der Waals surface area contributed by atoms with Crippen molar-refractivity contribution in [3.63, 3.8) is 0 Å². The quantitative estimate of drug-likeness (QED) is 0.871. The monoisotopic (exact) mass is 300 g/mol. The molecule has 0 amide bonds. The number of nitrogens with zero attached hydrogens (tertiary/aromatic N) is 1. The Kier molecular flexibility index (Phi) is 5.29. The molecular weight excluding hydrogens is 276 g/mol. The fourth-order valence-corrected chi connectivity index (χ4v) is 4.58. The molecule has 0 radical (unpaired) electrons. The molecular formula is C15H25ClN2S. The molecule has 2 heterocycles. The average Bonchev–Trinajstić information content (AvgIpc) is 2.86. The second-order valence-electron chi connectivity index (χ2n) is 5.62. The van der Waals surface area contributed by atoms with Crippen molar-refractivity contribution in [3.8, 4) is 0 Å². The number of thiophene rings is 1. The zero-order valence-electron chi connectivity index (χ0n) is 12.2. The van der Waals surface area contributed by atoms with Crippen molar-refractivity contribution in [1.82, 2.24) is 10.2 Å². The summed E-state index contributed by atoms with van der Waals surface area (Å²) < 4.78 is 0.882. The van der Waals surface area contributed by atoms with E-state index in [2.05, 4.69) is 37.2 Å². The van der Waals surface area contributed by atoms with Gasteiger partial charge in [-0.1, -0.05) is 24.9 Å². The predicted molar refractivity (Wildman–Crippen MR) is 85.2 cm³/mol. The highest BCUT2D eigenvalue weighted by atomic mass is 35.5. The molecule has 1 saturated heterocycles.